The number of aliphatic hydroxyl groups is 1. The molecular weight excluding hydrogens is 216 g/mol. The Kier molecular flexibility index (Phi) is 4.26. The monoisotopic (exact) mass is 232 g/mol. The van der Waals surface area contributed by atoms with Crippen LogP contribution in [-0.2, 0) is 23.8 Å². The molecule has 1 heterocycles. The SMILES string of the molecule is CC(=O)O[C@H]1[C@H](C)O[C@H](O)C[C@H]1OC(C)=O. The Bertz CT molecular complexity index is 276. The molecule has 92 valence electrons. The van der Waals surface area contributed by atoms with Crippen molar-refractivity contribution in [2.45, 2.75) is 51.8 Å². The Labute approximate surface area is 93.5 Å². The van der Waals surface area contributed by atoms with Crippen LogP contribution in [-0.4, -0.2) is 41.6 Å². The van der Waals surface area contributed by atoms with Crippen molar-refractivity contribution < 1.29 is 28.9 Å². The third kappa shape index (κ3) is 3.46. The first-order valence-electron chi connectivity index (χ1n) is 5.08. The number of aliphatic hydroxyl groups excluding tert-OH is 1. The lowest BCUT2D eigenvalue weighted by Crippen LogP contribution is -2.50. The van der Waals surface area contributed by atoms with Gasteiger partial charge in [-0.2, -0.15) is 0 Å². The van der Waals surface area contributed by atoms with Gasteiger partial charge in [0.25, 0.3) is 0 Å². The number of hydrogen-bond acceptors (Lipinski definition) is 6. The van der Waals surface area contributed by atoms with Crippen LogP contribution in [0.5, 0.6) is 0 Å². The van der Waals surface area contributed by atoms with Crippen molar-refractivity contribution in [2.75, 3.05) is 0 Å². The lowest BCUT2D eigenvalue weighted by Gasteiger charge is -2.37. The first kappa shape index (κ1) is 12.9. The highest BCUT2D eigenvalue weighted by Gasteiger charge is 2.40. The van der Waals surface area contributed by atoms with E-state index in [1.807, 2.05) is 0 Å². The molecule has 4 atom stereocenters. The van der Waals surface area contributed by atoms with Crippen LogP contribution in [0.4, 0.5) is 0 Å². The quantitative estimate of drug-likeness (QED) is 0.674. The fourth-order valence-corrected chi connectivity index (χ4v) is 1.71. The average Bonchev–Trinajstić information content (AvgIpc) is 2.09. The zero-order valence-electron chi connectivity index (χ0n) is 9.50. The highest BCUT2D eigenvalue weighted by molar-refractivity contribution is 5.67. The van der Waals surface area contributed by atoms with Crippen LogP contribution in [0.2, 0.25) is 0 Å². The molecule has 0 aromatic heterocycles. The molecule has 0 amide bonds. The van der Waals surface area contributed by atoms with Crippen LogP contribution >= 0.6 is 0 Å². The molecule has 0 aromatic rings. The van der Waals surface area contributed by atoms with E-state index >= 15 is 0 Å². The van der Waals surface area contributed by atoms with Crippen molar-refractivity contribution >= 4 is 11.9 Å². The molecule has 6 nitrogen and oxygen atoms in total. The Hall–Kier alpha value is -1.14. The van der Waals surface area contributed by atoms with Gasteiger partial charge < -0.3 is 19.3 Å². The van der Waals surface area contributed by atoms with Crippen LogP contribution in [0.1, 0.15) is 27.2 Å². The lowest BCUT2D eigenvalue weighted by molar-refractivity contribution is -0.241. The molecular formula is C10H16O6. The maximum atomic E-state index is 10.9. The summed E-state index contributed by atoms with van der Waals surface area (Å²) in [4.78, 5) is 21.8. The molecule has 1 aliphatic rings. The van der Waals surface area contributed by atoms with Crippen LogP contribution in [0.15, 0.2) is 0 Å². The molecule has 0 saturated carbocycles. The van der Waals surface area contributed by atoms with E-state index in [1.54, 1.807) is 6.92 Å². The molecule has 1 aliphatic heterocycles. The van der Waals surface area contributed by atoms with Gasteiger partial charge in [0.1, 0.15) is 6.10 Å². The number of carbonyl (C=O) groups excluding carboxylic acids is 2. The molecule has 0 aromatic carbocycles. The van der Waals surface area contributed by atoms with E-state index < -0.39 is 36.5 Å². The van der Waals surface area contributed by atoms with Gasteiger partial charge in [-0.15, -0.1) is 0 Å². The minimum absolute atomic E-state index is 0.0991. The summed E-state index contributed by atoms with van der Waals surface area (Å²) >= 11 is 0. The number of hydrogen-bond donors (Lipinski definition) is 1. The van der Waals surface area contributed by atoms with Crippen molar-refractivity contribution in [3.63, 3.8) is 0 Å². The Morgan fingerprint density at radius 2 is 1.81 bits per heavy atom. The zero-order valence-corrected chi connectivity index (χ0v) is 9.50. The predicted octanol–water partition coefficient (Wildman–Crippen LogP) is -0.0230. The molecule has 16 heavy (non-hydrogen) atoms. The number of rotatable bonds is 2. The van der Waals surface area contributed by atoms with Gasteiger partial charge in [0, 0.05) is 20.3 Å². The summed E-state index contributed by atoms with van der Waals surface area (Å²) in [5, 5.41) is 9.36. The van der Waals surface area contributed by atoms with E-state index in [0.717, 1.165) is 0 Å². The van der Waals surface area contributed by atoms with Gasteiger partial charge in [0.15, 0.2) is 12.4 Å². The normalized spacial score (nSPS) is 34.2. The smallest absolute Gasteiger partial charge is 0.303 e. The van der Waals surface area contributed by atoms with E-state index in [1.165, 1.54) is 13.8 Å². The fourth-order valence-electron chi connectivity index (χ4n) is 1.71. The largest absolute Gasteiger partial charge is 0.458 e. The van der Waals surface area contributed by atoms with E-state index in [9.17, 15) is 14.7 Å². The first-order valence-corrected chi connectivity index (χ1v) is 5.08. The van der Waals surface area contributed by atoms with Gasteiger partial charge in [0.05, 0.1) is 6.10 Å². The molecule has 0 unspecified atom stereocenters. The Morgan fingerprint density at radius 3 is 2.31 bits per heavy atom. The molecule has 0 radical (unpaired) electrons. The first-order chi connectivity index (χ1) is 7.40. The highest BCUT2D eigenvalue weighted by atomic mass is 16.7. The summed E-state index contributed by atoms with van der Waals surface area (Å²) in [6, 6.07) is 0. The molecule has 0 spiro atoms. The second kappa shape index (κ2) is 5.27. The van der Waals surface area contributed by atoms with Crippen molar-refractivity contribution in [1.82, 2.24) is 0 Å². The van der Waals surface area contributed by atoms with Gasteiger partial charge in [-0.05, 0) is 6.92 Å². The molecule has 0 aliphatic carbocycles. The van der Waals surface area contributed by atoms with E-state index in [-0.39, 0.29) is 6.42 Å². The lowest BCUT2D eigenvalue weighted by atomic mass is 10.0. The maximum absolute atomic E-state index is 10.9. The van der Waals surface area contributed by atoms with Crippen molar-refractivity contribution in [3.05, 3.63) is 0 Å². The predicted molar refractivity (Wildman–Crippen MR) is 52.3 cm³/mol. The average molecular weight is 232 g/mol. The van der Waals surface area contributed by atoms with Crippen LogP contribution < -0.4 is 0 Å². The summed E-state index contributed by atoms with van der Waals surface area (Å²) in [5.74, 6) is -0.961. The van der Waals surface area contributed by atoms with E-state index in [4.69, 9.17) is 14.2 Å². The van der Waals surface area contributed by atoms with Gasteiger partial charge >= 0.3 is 11.9 Å². The highest BCUT2D eigenvalue weighted by Crippen LogP contribution is 2.24. The molecule has 1 N–H and O–H groups in total. The molecule has 1 saturated heterocycles. The fraction of sp³-hybridized carbons (Fsp3) is 0.800. The van der Waals surface area contributed by atoms with Gasteiger partial charge in [0.2, 0.25) is 0 Å². The standard InChI is InChI=1S/C10H16O6/c1-5-10(16-7(3)12)8(15-6(2)11)4-9(13)14-5/h5,8-10,13H,4H2,1-3H3/t5-,8+,9-,10-/m0/s1. The summed E-state index contributed by atoms with van der Waals surface area (Å²) in [7, 11) is 0. The summed E-state index contributed by atoms with van der Waals surface area (Å²) in [6.07, 6.45) is -2.77. The van der Waals surface area contributed by atoms with E-state index in [0.29, 0.717) is 0 Å². The molecule has 6 heteroatoms. The number of carbonyl (C=O) groups is 2. The summed E-state index contributed by atoms with van der Waals surface area (Å²) in [6.45, 7) is 4.17. The summed E-state index contributed by atoms with van der Waals surface area (Å²) in [5.41, 5.74) is 0. The van der Waals surface area contributed by atoms with Gasteiger partial charge in [-0.3, -0.25) is 9.59 Å². The van der Waals surface area contributed by atoms with E-state index in [2.05, 4.69) is 0 Å². The topological polar surface area (TPSA) is 82.1 Å². The van der Waals surface area contributed by atoms with Gasteiger partial charge in [-0.1, -0.05) is 0 Å². The van der Waals surface area contributed by atoms with Crippen LogP contribution in [0.25, 0.3) is 0 Å². The zero-order chi connectivity index (χ0) is 12.3. The molecule has 1 fully saturated rings. The van der Waals surface area contributed by atoms with Crippen molar-refractivity contribution in [2.24, 2.45) is 0 Å². The second-order valence-electron chi connectivity index (χ2n) is 3.75. The second-order valence-corrected chi connectivity index (χ2v) is 3.75. The number of esters is 2. The third-order valence-corrected chi connectivity index (χ3v) is 2.25. The Balaban J connectivity index is 2.71. The Morgan fingerprint density at radius 1 is 1.25 bits per heavy atom. The number of ether oxygens (including phenoxy) is 3. The summed E-state index contributed by atoms with van der Waals surface area (Å²) < 4.78 is 15.1. The minimum atomic E-state index is -1.01. The molecule has 1 rings (SSSR count). The van der Waals surface area contributed by atoms with Crippen LogP contribution in [0, 0.1) is 0 Å². The molecule has 0 bridgehead atoms. The van der Waals surface area contributed by atoms with Gasteiger partial charge in [-0.25, -0.2) is 0 Å². The third-order valence-electron chi connectivity index (χ3n) is 2.25. The van der Waals surface area contributed by atoms with Crippen molar-refractivity contribution in [1.29, 1.82) is 0 Å². The van der Waals surface area contributed by atoms with Crippen molar-refractivity contribution in [3.8, 4) is 0 Å². The maximum Gasteiger partial charge on any atom is 0.303 e. The van der Waals surface area contributed by atoms with Crippen LogP contribution in [0.3, 0.4) is 0 Å². The minimum Gasteiger partial charge on any atom is -0.458 e.